The number of carbonyl (C=O) groups excluding carboxylic acids is 1. The molecule has 1 amide bonds. The van der Waals surface area contributed by atoms with Crippen molar-refractivity contribution in [2.24, 2.45) is 0 Å². The van der Waals surface area contributed by atoms with Gasteiger partial charge in [0.15, 0.2) is 0 Å². The molecule has 0 bridgehead atoms. The first kappa shape index (κ1) is 12.6. The molecule has 1 aliphatic rings. The number of rotatable bonds is 1. The average Bonchev–Trinajstić information content (AvgIpc) is 2.83. The number of amides is 1. The van der Waals surface area contributed by atoms with E-state index < -0.39 is 0 Å². The Bertz CT molecular complexity index is 625. The molecule has 1 saturated heterocycles. The third-order valence-electron chi connectivity index (χ3n) is 3.25. The molecular weight excluding hydrogens is 265 g/mol. The van der Waals surface area contributed by atoms with Crippen LogP contribution in [0.2, 0.25) is 0 Å². The Labute approximate surface area is 114 Å². The summed E-state index contributed by atoms with van der Waals surface area (Å²) in [5.74, 6) is -0.307. The fraction of sp³-hybridized carbons (Fsp3) is 0.357. The lowest BCUT2D eigenvalue weighted by atomic mass is 10.2. The first-order valence-electron chi connectivity index (χ1n) is 6.24. The summed E-state index contributed by atoms with van der Waals surface area (Å²) in [6, 6.07) is 6.57. The zero-order valence-corrected chi connectivity index (χ0v) is 11.4. The average molecular weight is 279 g/mol. The van der Waals surface area contributed by atoms with E-state index in [9.17, 15) is 9.18 Å². The van der Waals surface area contributed by atoms with Crippen molar-refractivity contribution in [3.63, 3.8) is 0 Å². The lowest BCUT2D eigenvalue weighted by molar-refractivity contribution is -0.0122. The highest BCUT2D eigenvalue weighted by atomic mass is 32.1. The second kappa shape index (κ2) is 4.90. The number of nitrogens with zero attached hydrogens (tertiary/aromatic N) is 1. The zero-order valence-electron chi connectivity index (χ0n) is 10.6. The molecule has 0 spiro atoms. The summed E-state index contributed by atoms with van der Waals surface area (Å²) in [4.78, 5) is 14.8. The number of halogens is 1. The van der Waals surface area contributed by atoms with Crippen LogP contribution in [0.25, 0.3) is 10.1 Å². The minimum Gasteiger partial charge on any atom is -0.375 e. The first-order chi connectivity index (χ1) is 9.15. The van der Waals surface area contributed by atoms with Crippen molar-refractivity contribution >= 4 is 27.3 Å². The number of benzene rings is 1. The maximum absolute atomic E-state index is 13.6. The predicted octanol–water partition coefficient (Wildman–Crippen LogP) is 2.90. The lowest BCUT2D eigenvalue weighted by Gasteiger charge is -2.30. The minimum atomic E-state index is -0.275. The number of hydrogen-bond acceptors (Lipinski definition) is 3. The minimum absolute atomic E-state index is 0.0317. The Balaban J connectivity index is 1.91. The van der Waals surface area contributed by atoms with Gasteiger partial charge in [-0.15, -0.1) is 11.3 Å². The molecule has 1 aliphatic heterocycles. The molecule has 0 unspecified atom stereocenters. The van der Waals surface area contributed by atoms with Gasteiger partial charge < -0.3 is 9.64 Å². The molecule has 5 heteroatoms. The van der Waals surface area contributed by atoms with Crippen molar-refractivity contribution in [2.45, 2.75) is 13.0 Å². The van der Waals surface area contributed by atoms with E-state index in [0.717, 1.165) is 4.70 Å². The lowest BCUT2D eigenvalue weighted by Crippen LogP contribution is -2.44. The third-order valence-corrected chi connectivity index (χ3v) is 4.34. The Kier molecular flexibility index (Phi) is 3.24. The van der Waals surface area contributed by atoms with E-state index in [1.54, 1.807) is 17.0 Å². The van der Waals surface area contributed by atoms with Crippen molar-refractivity contribution in [2.75, 3.05) is 19.7 Å². The summed E-state index contributed by atoms with van der Waals surface area (Å²) in [5, 5.41) is 0.525. The summed E-state index contributed by atoms with van der Waals surface area (Å²) >= 11 is 1.34. The van der Waals surface area contributed by atoms with Gasteiger partial charge in [-0.05, 0) is 25.1 Å². The van der Waals surface area contributed by atoms with E-state index >= 15 is 0 Å². The van der Waals surface area contributed by atoms with Gasteiger partial charge in [-0.25, -0.2) is 4.39 Å². The highest BCUT2D eigenvalue weighted by Crippen LogP contribution is 2.28. The van der Waals surface area contributed by atoms with Crippen LogP contribution >= 0.6 is 11.3 Å². The Morgan fingerprint density at radius 3 is 3.11 bits per heavy atom. The maximum Gasteiger partial charge on any atom is 0.264 e. The molecular formula is C14H14FNO2S. The van der Waals surface area contributed by atoms with E-state index in [-0.39, 0.29) is 17.8 Å². The van der Waals surface area contributed by atoms with Gasteiger partial charge in [-0.1, -0.05) is 6.07 Å². The molecule has 1 aromatic heterocycles. The molecule has 0 radical (unpaired) electrons. The zero-order chi connectivity index (χ0) is 13.4. The molecule has 1 fully saturated rings. The van der Waals surface area contributed by atoms with Crippen LogP contribution in [0.1, 0.15) is 16.6 Å². The summed E-state index contributed by atoms with van der Waals surface area (Å²) in [7, 11) is 0. The monoisotopic (exact) mass is 279 g/mol. The van der Waals surface area contributed by atoms with Gasteiger partial charge in [0.25, 0.3) is 5.91 Å². The van der Waals surface area contributed by atoms with Crippen LogP contribution in [0.4, 0.5) is 4.39 Å². The largest absolute Gasteiger partial charge is 0.375 e. The number of thiophene rings is 1. The fourth-order valence-electron chi connectivity index (χ4n) is 2.29. The SMILES string of the molecule is C[C@H]1CN(C(=O)c2cc3c(F)cccc3s2)CCO1. The molecule has 3 nitrogen and oxygen atoms in total. The van der Waals surface area contributed by atoms with Crippen LogP contribution in [0.15, 0.2) is 24.3 Å². The predicted molar refractivity (Wildman–Crippen MR) is 73.1 cm³/mol. The van der Waals surface area contributed by atoms with Crippen LogP contribution in [-0.4, -0.2) is 36.6 Å². The van der Waals surface area contributed by atoms with Crippen molar-refractivity contribution in [1.82, 2.24) is 4.90 Å². The standard InChI is InChI=1S/C14H14FNO2S/c1-9-8-16(5-6-18-9)14(17)13-7-10-11(15)3-2-4-12(10)19-13/h2-4,7,9H,5-6,8H2,1H3/t9-/m0/s1. The van der Waals surface area contributed by atoms with Crippen molar-refractivity contribution in [1.29, 1.82) is 0 Å². The molecule has 1 aromatic carbocycles. The van der Waals surface area contributed by atoms with E-state index in [0.29, 0.717) is 30.0 Å². The number of hydrogen-bond donors (Lipinski definition) is 0. The van der Waals surface area contributed by atoms with Crippen LogP contribution in [0, 0.1) is 5.82 Å². The van der Waals surface area contributed by atoms with Crippen LogP contribution in [0.5, 0.6) is 0 Å². The topological polar surface area (TPSA) is 29.5 Å². The van der Waals surface area contributed by atoms with Crippen molar-refractivity contribution < 1.29 is 13.9 Å². The van der Waals surface area contributed by atoms with Crippen molar-refractivity contribution in [3.05, 3.63) is 35.0 Å². The van der Waals surface area contributed by atoms with Gasteiger partial charge in [0.05, 0.1) is 17.6 Å². The van der Waals surface area contributed by atoms with E-state index in [4.69, 9.17) is 4.74 Å². The maximum atomic E-state index is 13.6. The Hall–Kier alpha value is -1.46. The second-order valence-electron chi connectivity index (χ2n) is 4.69. The first-order valence-corrected chi connectivity index (χ1v) is 7.06. The number of morpholine rings is 1. The summed E-state index contributed by atoms with van der Waals surface area (Å²) in [5.41, 5.74) is 0. The molecule has 0 N–H and O–H groups in total. The van der Waals surface area contributed by atoms with Gasteiger partial charge in [-0.2, -0.15) is 0 Å². The van der Waals surface area contributed by atoms with E-state index in [2.05, 4.69) is 0 Å². The number of ether oxygens (including phenoxy) is 1. The van der Waals surface area contributed by atoms with Crippen LogP contribution in [-0.2, 0) is 4.74 Å². The molecule has 100 valence electrons. The summed E-state index contributed by atoms with van der Waals surface area (Å²) in [6.07, 6.45) is 0.0591. The molecule has 0 saturated carbocycles. The van der Waals surface area contributed by atoms with Gasteiger partial charge in [0.1, 0.15) is 5.82 Å². The normalized spacial score (nSPS) is 19.9. The molecule has 2 aromatic rings. The molecule has 1 atom stereocenters. The molecule has 0 aliphatic carbocycles. The summed E-state index contributed by atoms with van der Waals surface area (Å²) < 4.78 is 19.9. The molecule has 2 heterocycles. The van der Waals surface area contributed by atoms with E-state index in [1.165, 1.54) is 17.4 Å². The Morgan fingerprint density at radius 1 is 1.53 bits per heavy atom. The number of fused-ring (bicyclic) bond motifs is 1. The van der Waals surface area contributed by atoms with Crippen molar-refractivity contribution in [3.8, 4) is 0 Å². The van der Waals surface area contributed by atoms with Gasteiger partial charge in [0.2, 0.25) is 0 Å². The highest BCUT2D eigenvalue weighted by Gasteiger charge is 2.24. The smallest absolute Gasteiger partial charge is 0.264 e. The van der Waals surface area contributed by atoms with Gasteiger partial charge >= 0.3 is 0 Å². The quantitative estimate of drug-likeness (QED) is 0.803. The molecule has 19 heavy (non-hydrogen) atoms. The number of carbonyl (C=O) groups is 1. The van der Waals surface area contributed by atoms with Gasteiger partial charge in [0, 0.05) is 23.2 Å². The van der Waals surface area contributed by atoms with Crippen LogP contribution < -0.4 is 0 Å². The Morgan fingerprint density at radius 2 is 2.37 bits per heavy atom. The second-order valence-corrected chi connectivity index (χ2v) is 5.78. The third kappa shape index (κ3) is 2.35. The highest BCUT2D eigenvalue weighted by molar-refractivity contribution is 7.20. The molecule has 3 rings (SSSR count). The van der Waals surface area contributed by atoms with Crippen LogP contribution in [0.3, 0.4) is 0 Å². The fourth-order valence-corrected chi connectivity index (χ4v) is 3.33. The van der Waals surface area contributed by atoms with E-state index in [1.807, 2.05) is 13.0 Å². The summed E-state index contributed by atoms with van der Waals surface area (Å²) in [6.45, 7) is 3.70. The van der Waals surface area contributed by atoms with Gasteiger partial charge in [-0.3, -0.25) is 4.79 Å².